The van der Waals surface area contributed by atoms with Crippen LogP contribution in [0, 0.1) is 0 Å². The molecule has 0 unspecified atom stereocenters. The smallest absolute Gasteiger partial charge is 0.396 e. The minimum Gasteiger partial charge on any atom is -0.396 e. The Balaban J connectivity index is 2.13. The molecule has 1 aliphatic rings. The predicted octanol–water partition coefficient (Wildman–Crippen LogP) is 1.97. The second-order valence-electron chi connectivity index (χ2n) is 4.92. The molecule has 0 radical (unpaired) electrons. The minimum atomic E-state index is -5.10. The molecule has 126 valence electrons. The van der Waals surface area contributed by atoms with Crippen LogP contribution in [0.25, 0.3) is 0 Å². The van der Waals surface area contributed by atoms with E-state index in [-0.39, 0.29) is 5.88 Å². The second kappa shape index (κ2) is 5.48. The van der Waals surface area contributed by atoms with Gasteiger partial charge in [-0.25, -0.2) is 5.32 Å². The number of aryl methyl sites for hydroxylation is 1. The summed E-state index contributed by atoms with van der Waals surface area (Å²) in [5, 5.41) is 7.22. The molecule has 2 aromatic rings. The number of hydrogen-bond donors (Lipinski definition) is 1. The van der Waals surface area contributed by atoms with Crippen molar-refractivity contribution in [2.45, 2.75) is 6.18 Å². The molecular formula is C13H10ClF3N5O2+. The third kappa shape index (κ3) is 2.80. The Morgan fingerprint density at radius 1 is 1.46 bits per heavy atom. The van der Waals surface area contributed by atoms with Gasteiger partial charge >= 0.3 is 23.6 Å². The molecule has 0 atom stereocenters. The SMILES string of the molecule is CN1c2cc(Cl)ccc2Nc2c1oc(=NC(=O)C(F)(F)F)n[n+]2C. The number of carbonyl (C=O) groups is 1. The maximum absolute atomic E-state index is 12.3. The Hall–Kier alpha value is -2.62. The van der Waals surface area contributed by atoms with Gasteiger partial charge < -0.3 is 9.32 Å². The Labute approximate surface area is 138 Å². The Bertz CT molecular complexity index is 909. The summed E-state index contributed by atoms with van der Waals surface area (Å²) in [7, 11) is 3.11. The normalized spacial score (nSPS) is 14.1. The van der Waals surface area contributed by atoms with Gasteiger partial charge in [0.15, 0.2) is 0 Å². The van der Waals surface area contributed by atoms with Crippen molar-refractivity contribution in [3.63, 3.8) is 0 Å². The van der Waals surface area contributed by atoms with Crippen molar-refractivity contribution in [3.05, 3.63) is 28.9 Å². The summed E-state index contributed by atoms with van der Waals surface area (Å²) in [6.45, 7) is 0. The molecule has 1 amide bonds. The molecule has 1 aromatic heterocycles. The topological polar surface area (TPSA) is 74.6 Å². The lowest BCUT2D eigenvalue weighted by Gasteiger charge is -2.24. The van der Waals surface area contributed by atoms with Gasteiger partial charge in [0.25, 0.3) is 5.88 Å². The number of nitrogens with one attached hydrogen (secondary N) is 1. The summed E-state index contributed by atoms with van der Waals surface area (Å²) in [5.41, 5.74) is 0.633. The summed E-state index contributed by atoms with van der Waals surface area (Å²) < 4.78 is 43.5. The van der Waals surface area contributed by atoms with E-state index in [1.807, 2.05) is 0 Å². The Morgan fingerprint density at radius 2 is 2.17 bits per heavy atom. The quantitative estimate of drug-likeness (QED) is 0.727. The molecule has 0 fully saturated rings. The van der Waals surface area contributed by atoms with Gasteiger partial charge in [-0.3, -0.25) is 4.79 Å². The summed E-state index contributed by atoms with van der Waals surface area (Å²) in [5.74, 6) is -1.78. The molecule has 0 aliphatic carbocycles. The van der Waals surface area contributed by atoms with E-state index in [9.17, 15) is 18.0 Å². The van der Waals surface area contributed by atoms with Crippen LogP contribution >= 0.6 is 11.6 Å². The molecule has 11 heteroatoms. The maximum atomic E-state index is 12.3. The first-order valence-corrected chi connectivity index (χ1v) is 6.92. The van der Waals surface area contributed by atoms with Crippen molar-refractivity contribution in [1.82, 2.24) is 5.10 Å². The van der Waals surface area contributed by atoms with E-state index < -0.39 is 17.8 Å². The first-order chi connectivity index (χ1) is 11.2. The van der Waals surface area contributed by atoms with E-state index in [0.717, 1.165) is 0 Å². The number of carbonyl (C=O) groups excluding carboxylic acids is 1. The largest absolute Gasteiger partial charge is 0.473 e. The molecule has 7 nitrogen and oxygen atoms in total. The van der Waals surface area contributed by atoms with Crippen LogP contribution in [0.2, 0.25) is 5.02 Å². The molecule has 0 saturated carbocycles. The molecule has 1 aromatic carbocycles. The highest BCUT2D eigenvalue weighted by Gasteiger charge is 2.39. The van der Waals surface area contributed by atoms with Crippen molar-refractivity contribution < 1.29 is 27.1 Å². The molecule has 24 heavy (non-hydrogen) atoms. The second-order valence-corrected chi connectivity index (χ2v) is 5.36. The monoisotopic (exact) mass is 360 g/mol. The molecule has 0 spiro atoms. The lowest BCUT2D eigenvalue weighted by Crippen LogP contribution is -2.44. The fraction of sp³-hybridized carbons (Fsp3) is 0.231. The van der Waals surface area contributed by atoms with Gasteiger partial charge in [0, 0.05) is 12.1 Å². The zero-order chi connectivity index (χ0) is 17.6. The Morgan fingerprint density at radius 3 is 2.83 bits per heavy atom. The number of hydrogen-bond acceptors (Lipinski definition) is 5. The standard InChI is InChI=1S/C13H9ClF3N5O2/c1-21-8-5-6(14)3-4-7(8)18-9-10(21)24-12(20-22(9)2)19-11(23)13(15,16)17/h3-5H,1-2H3/p+1. The van der Waals surface area contributed by atoms with Crippen LogP contribution in [0.15, 0.2) is 27.6 Å². The van der Waals surface area contributed by atoms with Crippen molar-refractivity contribution >= 4 is 40.6 Å². The van der Waals surface area contributed by atoms with Crippen molar-refractivity contribution in [1.29, 1.82) is 0 Å². The maximum Gasteiger partial charge on any atom is 0.473 e. The molecule has 1 aliphatic heterocycles. The fourth-order valence-corrected chi connectivity index (χ4v) is 2.32. The number of benzene rings is 1. The van der Waals surface area contributed by atoms with E-state index in [1.165, 1.54) is 11.7 Å². The number of nitrogens with zero attached hydrogens (tertiary/aromatic N) is 4. The zero-order valence-corrected chi connectivity index (χ0v) is 13.1. The van der Waals surface area contributed by atoms with Crippen LogP contribution in [0.1, 0.15) is 0 Å². The number of anilines is 4. The van der Waals surface area contributed by atoms with E-state index in [1.54, 1.807) is 30.1 Å². The third-order valence-corrected chi connectivity index (χ3v) is 3.50. The molecule has 1 N–H and O–H groups in total. The average molecular weight is 361 g/mol. The van der Waals surface area contributed by atoms with Crippen LogP contribution < -0.4 is 20.6 Å². The van der Waals surface area contributed by atoms with Gasteiger partial charge in [-0.2, -0.15) is 13.2 Å². The highest BCUT2D eigenvalue weighted by molar-refractivity contribution is 6.31. The average Bonchev–Trinajstić information content (AvgIpc) is 2.48. The zero-order valence-electron chi connectivity index (χ0n) is 12.3. The molecule has 0 bridgehead atoms. The highest BCUT2D eigenvalue weighted by Crippen LogP contribution is 2.41. The third-order valence-electron chi connectivity index (χ3n) is 3.27. The predicted molar refractivity (Wildman–Crippen MR) is 77.1 cm³/mol. The lowest BCUT2D eigenvalue weighted by molar-refractivity contribution is -0.720. The number of halogens is 4. The fourth-order valence-electron chi connectivity index (χ4n) is 2.15. The lowest BCUT2D eigenvalue weighted by atomic mass is 10.2. The van der Waals surface area contributed by atoms with Gasteiger partial charge in [-0.1, -0.05) is 11.6 Å². The van der Waals surface area contributed by atoms with Gasteiger partial charge in [-0.15, -0.1) is 9.67 Å². The van der Waals surface area contributed by atoms with Gasteiger partial charge in [0.1, 0.15) is 12.7 Å². The Kier molecular flexibility index (Phi) is 3.71. The van der Waals surface area contributed by atoms with Gasteiger partial charge in [0.05, 0.1) is 5.69 Å². The molecule has 2 heterocycles. The molecular weight excluding hydrogens is 351 g/mol. The van der Waals surface area contributed by atoms with Crippen LogP contribution in [0.4, 0.5) is 36.2 Å². The summed E-state index contributed by atoms with van der Waals surface area (Å²) >= 11 is 5.96. The van der Waals surface area contributed by atoms with E-state index in [0.29, 0.717) is 22.2 Å². The van der Waals surface area contributed by atoms with Crippen LogP contribution in [0.3, 0.4) is 0 Å². The summed E-state index contributed by atoms with van der Waals surface area (Å²) in [4.78, 5) is 15.4. The van der Waals surface area contributed by atoms with Crippen molar-refractivity contribution in [2.24, 2.45) is 12.0 Å². The number of alkyl halides is 3. The van der Waals surface area contributed by atoms with Crippen LogP contribution in [-0.4, -0.2) is 24.2 Å². The number of amides is 1. The first kappa shape index (κ1) is 16.2. The van der Waals surface area contributed by atoms with Crippen molar-refractivity contribution in [3.8, 4) is 0 Å². The number of fused-ring (bicyclic) bond motifs is 2. The van der Waals surface area contributed by atoms with Crippen LogP contribution in [-0.2, 0) is 11.8 Å². The molecule has 0 saturated heterocycles. The highest BCUT2D eigenvalue weighted by atomic mass is 35.5. The number of aromatic nitrogens is 2. The van der Waals surface area contributed by atoms with Crippen LogP contribution in [0.5, 0.6) is 0 Å². The van der Waals surface area contributed by atoms with Gasteiger partial charge in [-0.05, 0) is 23.3 Å². The first-order valence-electron chi connectivity index (χ1n) is 6.54. The minimum absolute atomic E-state index is 0.135. The molecule has 3 rings (SSSR count). The van der Waals surface area contributed by atoms with Crippen molar-refractivity contribution in [2.75, 3.05) is 17.3 Å². The summed E-state index contributed by atoms with van der Waals surface area (Å²) in [6.07, 6.45) is -5.10. The van der Waals surface area contributed by atoms with E-state index >= 15 is 0 Å². The van der Waals surface area contributed by atoms with Gasteiger partial charge in [0.2, 0.25) is 0 Å². The van der Waals surface area contributed by atoms with E-state index in [4.69, 9.17) is 16.0 Å². The number of rotatable bonds is 0. The summed E-state index contributed by atoms with van der Waals surface area (Å²) in [6, 6.07) is 5.07. The van der Waals surface area contributed by atoms with E-state index in [2.05, 4.69) is 15.4 Å².